The topological polar surface area (TPSA) is 55.8 Å². The normalized spacial score (nSPS) is 20.3. The molecule has 0 bridgehead atoms. The predicted octanol–water partition coefficient (Wildman–Crippen LogP) is 2.81. The minimum Gasteiger partial charge on any atom is -0.400 e. The maximum absolute atomic E-state index is 10.8. The summed E-state index contributed by atoms with van der Waals surface area (Å²) in [7, 11) is -0.569. The van der Waals surface area contributed by atoms with Crippen molar-refractivity contribution in [3.05, 3.63) is 40.4 Å². The molecule has 1 aliphatic heterocycles. The Hall–Kier alpha value is -1.43. The van der Waals surface area contributed by atoms with Crippen molar-refractivity contribution < 1.29 is 19.2 Å². The molecule has 0 aliphatic carbocycles. The van der Waals surface area contributed by atoms with Gasteiger partial charge in [-0.2, -0.15) is 0 Å². The van der Waals surface area contributed by atoms with E-state index in [9.17, 15) is 9.90 Å². The molecule has 0 amide bonds. The molecular weight excluding hydrogens is 279 g/mol. The van der Waals surface area contributed by atoms with Crippen LogP contribution in [-0.2, 0) is 9.31 Å². The Morgan fingerprint density at radius 1 is 1.23 bits per heavy atom. The molecule has 1 aromatic rings. The first-order chi connectivity index (χ1) is 10.2. The summed E-state index contributed by atoms with van der Waals surface area (Å²) in [6.07, 6.45) is 2.69. The Labute approximate surface area is 132 Å². The maximum Gasteiger partial charge on any atom is 0.492 e. The number of rotatable bonds is 4. The lowest BCUT2D eigenvalue weighted by atomic mass is 9.77. The number of hydrogen-bond donors (Lipinski definition) is 1. The van der Waals surface area contributed by atoms with Crippen LogP contribution in [0.4, 0.5) is 0 Å². The molecule has 0 saturated carbocycles. The van der Waals surface area contributed by atoms with Gasteiger partial charge in [0.2, 0.25) is 0 Å². The number of benzene rings is 1. The van der Waals surface area contributed by atoms with Crippen LogP contribution in [-0.4, -0.2) is 36.3 Å². The van der Waals surface area contributed by atoms with Crippen molar-refractivity contribution in [2.45, 2.75) is 45.8 Å². The van der Waals surface area contributed by atoms with Crippen molar-refractivity contribution in [3.8, 4) is 0 Å². The summed E-state index contributed by atoms with van der Waals surface area (Å²) in [6, 6.07) is 5.43. The number of aldehydes is 1. The van der Waals surface area contributed by atoms with Crippen LogP contribution in [0.25, 0.3) is 6.08 Å². The standard InChI is InChI=1S/C17H23BO4/c1-12-8-13(10-19)6-7-14(12)9-15(11-20)18-21-16(2,3)17(4,5)22-18/h6-10,20H,11H2,1-5H3. The van der Waals surface area contributed by atoms with E-state index in [2.05, 4.69) is 0 Å². The quantitative estimate of drug-likeness (QED) is 0.686. The fraction of sp³-hybridized carbons (Fsp3) is 0.471. The van der Waals surface area contributed by atoms with E-state index < -0.39 is 18.3 Å². The Bertz CT molecular complexity index is 589. The molecule has 5 heteroatoms. The summed E-state index contributed by atoms with van der Waals surface area (Å²) in [4.78, 5) is 10.8. The predicted molar refractivity (Wildman–Crippen MR) is 87.7 cm³/mol. The first-order valence-electron chi connectivity index (χ1n) is 7.43. The van der Waals surface area contributed by atoms with Gasteiger partial charge in [-0.15, -0.1) is 0 Å². The van der Waals surface area contributed by atoms with Crippen molar-refractivity contribution in [1.29, 1.82) is 0 Å². The lowest BCUT2D eigenvalue weighted by Crippen LogP contribution is -2.41. The molecule has 0 unspecified atom stereocenters. The fourth-order valence-electron chi connectivity index (χ4n) is 2.32. The number of aliphatic hydroxyl groups is 1. The number of carbonyl (C=O) groups is 1. The van der Waals surface area contributed by atoms with Gasteiger partial charge >= 0.3 is 7.12 Å². The zero-order chi connectivity index (χ0) is 16.5. The van der Waals surface area contributed by atoms with Gasteiger partial charge in [-0.3, -0.25) is 4.79 Å². The summed E-state index contributed by atoms with van der Waals surface area (Å²) < 4.78 is 11.9. The fourth-order valence-corrected chi connectivity index (χ4v) is 2.32. The SMILES string of the molecule is Cc1cc(C=O)ccc1C=C(CO)B1OC(C)(C)C(C)(C)O1. The molecule has 1 N–H and O–H groups in total. The van der Waals surface area contributed by atoms with Gasteiger partial charge in [-0.25, -0.2) is 0 Å². The summed E-state index contributed by atoms with van der Waals surface area (Å²) in [5.41, 5.74) is 2.32. The first-order valence-corrected chi connectivity index (χ1v) is 7.43. The monoisotopic (exact) mass is 302 g/mol. The van der Waals surface area contributed by atoms with Crippen molar-refractivity contribution in [1.82, 2.24) is 0 Å². The third kappa shape index (κ3) is 3.17. The second-order valence-electron chi connectivity index (χ2n) is 6.70. The van der Waals surface area contributed by atoms with Crippen molar-refractivity contribution in [2.75, 3.05) is 6.61 Å². The highest BCUT2D eigenvalue weighted by Gasteiger charge is 2.52. The summed E-state index contributed by atoms with van der Waals surface area (Å²) in [6.45, 7) is 9.69. The average molecular weight is 302 g/mol. The summed E-state index contributed by atoms with van der Waals surface area (Å²) in [5, 5.41) is 9.70. The Morgan fingerprint density at radius 3 is 2.27 bits per heavy atom. The van der Waals surface area contributed by atoms with E-state index in [0.29, 0.717) is 11.0 Å². The lowest BCUT2D eigenvalue weighted by molar-refractivity contribution is 0.00578. The average Bonchev–Trinajstić information content (AvgIpc) is 2.65. The van der Waals surface area contributed by atoms with Crippen LogP contribution < -0.4 is 0 Å². The van der Waals surface area contributed by atoms with E-state index >= 15 is 0 Å². The van der Waals surface area contributed by atoms with Gasteiger partial charge in [0.15, 0.2) is 0 Å². The second-order valence-corrected chi connectivity index (χ2v) is 6.70. The molecule has 1 saturated heterocycles. The molecule has 0 atom stereocenters. The van der Waals surface area contributed by atoms with Crippen molar-refractivity contribution >= 4 is 19.5 Å². The number of aryl methyl sites for hydroxylation is 1. The van der Waals surface area contributed by atoms with Crippen LogP contribution in [0.15, 0.2) is 23.7 Å². The third-order valence-electron chi connectivity index (χ3n) is 4.51. The molecular formula is C17H23BO4. The molecule has 118 valence electrons. The van der Waals surface area contributed by atoms with Crippen LogP contribution in [0.2, 0.25) is 0 Å². The smallest absolute Gasteiger partial charge is 0.400 e. The van der Waals surface area contributed by atoms with E-state index in [1.165, 1.54) is 0 Å². The number of carbonyl (C=O) groups excluding carboxylic acids is 1. The van der Waals surface area contributed by atoms with E-state index in [0.717, 1.165) is 17.4 Å². The highest BCUT2D eigenvalue weighted by atomic mass is 16.7. The Kier molecular flexibility index (Phi) is 4.61. The van der Waals surface area contributed by atoms with Crippen LogP contribution >= 0.6 is 0 Å². The van der Waals surface area contributed by atoms with Crippen LogP contribution in [0.3, 0.4) is 0 Å². The van der Waals surface area contributed by atoms with Gasteiger partial charge in [0.05, 0.1) is 17.8 Å². The van der Waals surface area contributed by atoms with Gasteiger partial charge < -0.3 is 14.4 Å². The van der Waals surface area contributed by atoms with Crippen LogP contribution in [0, 0.1) is 6.92 Å². The summed E-state index contributed by atoms with van der Waals surface area (Å²) in [5.74, 6) is 0. The number of aliphatic hydroxyl groups excluding tert-OH is 1. The minimum absolute atomic E-state index is 0.147. The van der Waals surface area contributed by atoms with Gasteiger partial charge in [-0.1, -0.05) is 18.2 Å². The van der Waals surface area contributed by atoms with E-state index in [4.69, 9.17) is 9.31 Å². The van der Waals surface area contributed by atoms with Gasteiger partial charge in [0.25, 0.3) is 0 Å². The molecule has 4 nitrogen and oxygen atoms in total. The maximum atomic E-state index is 10.8. The van der Waals surface area contributed by atoms with Crippen LogP contribution in [0.1, 0.15) is 49.2 Å². The van der Waals surface area contributed by atoms with E-state index in [1.807, 2.05) is 52.8 Å². The Morgan fingerprint density at radius 2 is 1.82 bits per heavy atom. The first kappa shape index (κ1) is 16.9. The molecule has 1 heterocycles. The molecule has 1 aliphatic rings. The molecule has 2 rings (SSSR count). The summed E-state index contributed by atoms with van der Waals surface area (Å²) >= 11 is 0. The van der Waals surface area contributed by atoms with Gasteiger partial charge in [-0.05, 0) is 57.3 Å². The van der Waals surface area contributed by atoms with Crippen molar-refractivity contribution in [2.24, 2.45) is 0 Å². The molecule has 0 radical (unpaired) electrons. The van der Waals surface area contributed by atoms with E-state index in [-0.39, 0.29) is 6.61 Å². The molecule has 0 aromatic heterocycles. The molecule has 1 aromatic carbocycles. The largest absolute Gasteiger partial charge is 0.492 e. The highest BCUT2D eigenvalue weighted by molar-refractivity contribution is 6.55. The third-order valence-corrected chi connectivity index (χ3v) is 4.51. The second kappa shape index (κ2) is 5.99. The lowest BCUT2D eigenvalue weighted by Gasteiger charge is -2.32. The van der Waals surface area contributed by atoms with Gasteiger partial charge in [0.1, 0.15) is 6.29 Å². The zero-order valence-corrected chi connectivity index (χ0v) is 13.8. The van der Waals surface area contributed by atoms with Crippen LogP contribution in [0.5, 0.6) is 0 Å². The van der Waals surface area contributed by atoms with Crippen molar-refractivity contribution in [3.63, 3.8) is 0 Å². The molecule has 22 heavy (non-hydrogen) atoms. The zero-order valence-electron chi connectivity index (χ0n) is 13.8. The van der Waals surface area contributed by atoms with Gasteiger partial charge in [0, 0.05) is 5.56 Å². The highest BCUT2D eigenvalue weighted by Crippen LogP contribution is 2.38. The molecule has 1 fully saturated rings. The molecule has 0 spiro atoms. The van der Waals surface area contributed by atoms with E-state index in [1.54, 1.807) is 6.07 Å². The number of hydrogen-bond acceptors (Lipinski definition) is 4. The minimum atomic E-state index is -0.569. The Balaban J connectivity index is 2.31.